The van der Waals surface area contributed by atoms with Gasteiger partial charge in [-0.05, 0) is 41.9 Å². The van der Waals surface area contributed by atoms with Gasteiger partial charge in [0.05, 0.1) is 4.70 Å². The fourth-order valence-electron chi connectivity index (χ4n) is 3.13. The van der Waals surface area contributed by atoms with Crippen LogP contribution < -0.4 is 9.64 Å². The Hall–Kier alpha value is -1.82. The lowest BCUT2D eigenvalue weighted by atomic mass is 10.2. The molecule has 6 heteroatoms. The van der Waals surface area contributed by atoms with E-state index in [9.17, 15) is 0 Å². The maximum atomic E-state index is 5.98. The topological polar surface area (TPSA) is 28.6 Å². The molecule has 1 aliphatic heterocycles. The maximum Gasteiger partial charge on any atom is 0.150 e. The largest absolute Gasteiger partial charge is 0.492 e. The monoisotopic (exact) mass is 373 g/mol. The highest BCUT2D eigenvalue weighted by Gasteiger charge is 2.20. The zero-order valence-electron chi connectivity index (χ0n) is 13.9. The van der Waals surface area contributed by atoms with E-state index in [0.29, 0.717) is 11.6 Å². The second-order valence-electron chi connectivity index (χ2n) is 6.14. The second-order valence-corrected chi connectivity index (χ2v) is 7.38. The number of aromatic nitrogens is 1. The van der Waals surface area contributed by atoms with E-state index in [2.05, 4.69) is 38.4 Å². The Morgan fingerprint density at radius 2 is 1.88 bits per heavy atom. The number of hydrogen-bond acceptors (Lipinski definition) is 5. The number of benzene rings is 2. The molecule has 0 atom stereocenters. The van der Waals surface area contributed by atoms with Crippen LogP contribution in [0.5, 0.6) is 5.75 Å². The van der Waals surface area contributed by atoms with Crippen LogP contribution in [0.3, 0.4) is 0 Å². The summed E-state index contributed by atoms with van der Waals surface area (Å²) >= 11 is 7.56. The molecule has 1 aliphatic rings. The van der Waals surface area contributed by atoms with Gasteiger partial charge in [0.25, 0.3) is 0 Å². The molecule has 1 fully saturated rings. The van der Waals surface area contributed by atoms with Crippen LogP contribution in [0.1, 0.15) is 0 Å². The van der Waals surface area contributed by atoms with Gasteiger partial charge >= 0.3 is 0 Å². The highest BCUT2D eigenvalue weighted by Crippen LogP contribution is 2.29. The number of nitrogens with zero attached hydrogens (tertiary/aromatic N) is 3. The second kappa shape index (κ2) is 7.60. The van der Waals surface area contributed by atoms with Crippen LogP contribution in [0.25, 0.3) is 10.1 Å². The minimum absolute atomic E-state index is 0.681. The summed E-state index contributed by atoms with van der Waals surface area (Å²) in [6.45, 7) is 5.68. The zero-order valence-corrected chi connectivity index (χ0v) is 15.5. The lowest BCUT2D eigenvalue weighted by molar-refractivity contribution is 0.200. The number of fused-ring (bicyclic) bond motifs is 1. The first kappa shape index (κ1) is 16.6. The van der Waals surface area contributed by atoms with Crippen LogP contribution in [0, 0.1) is 0 Å². The van der Waals surface area contributed by atoms with Gasteiger partial charge in [0, 0.05) is 43.1 Å². The summed E-state index contributed by atoms with van der Waals surface area (Å²) in [5.41, 5.74) is 0. The molecule has 4 rings (SSSR count). The van der Waals surface area contributed by atoms with E-state index in [4.69, 9.17) is 16.3 Å². The fraction of sp³-hybridized carbons (Fsp3) is 0.316. The average Bonchev–Trinajstić information content (AvgIpc) is 3.07. The Morgan fingerprint density at radius 1 is 1.04 bits per heavy atom. The van der Waals surface area contributed by atoms with Gasteiger partial charge in [0.15, 0.2) is 0 Å². The molecule has 0 saturated carbocycles. The first-order valence-corrected chi connectivity index (χ1v) is 9.65. The Morgan fingerprint density at radius 3 is 2.72 bits per heavy atom. The quantitative estimate of drug-likeness (QED) is 0.671. The van der Waals surface area contributed by atoms with Crippen LogP contribution in [0.2, 0.25) is 5.02 Å². The van der Waals surface area contributed by atoms with E-state index in [-0.39, 0.29) is 0 Å². The van der Waals surface area contributed by atoms with Crippen molar-refractivity contribution < 1.29 is 4.74 Å². The zero-order chi connectivity index (χ0) is 17.1. The van der Waals surface area contributed by atoms with Crippen molar-refractivity contribution in [2.45, 2.75) is 0 Å². The fourth-order valence-corrected chi connectivity index (χ4v) is 4.11. The third-order valence-electron chi connectivity index (χ3n) is 4.50. The Labute approximate surface area is 156 Å². The van der Waals surface area contributed by atoms with E-state index in [1.54, 1.807) is 11.5 Å². The molecule has 0 bridgehead atoms. The van der Waals surface area contributed by atoms with Crippen LogP contribution in [0.15, 0.2) is 48.5 Å². The van der Waals surface area contributed by atoms with E-state index in [1.807, 2.05) is 24.3 Å². The first-order chi connectivity index (χ1) is 12.3. The molecule has 0 amide bonds. The molecule has 1 aromatic heterocycles. The number of ether oxygens (including phenoxy) is 1. The van der Waals surface area contributed by atoms with Crippen molar-refractivity contribution in [2.75, 3.05) is 44.2 Å². The van der Waals surface area contributed by atoms with Gasteiger partial charge in [-0.15, -0.1) is 0 Å². The molecular formula is C19H20ClN3OS. The third-order valence-corrected chi connectivity index (χ3v) is 5.55. The minimum Gasteiger partial charge on any atom is -0.492 e. The molecule has 0 radical (unpaired) electrons. The third kappa shape index (κ3) is 3.89. The smallest absolute Gasteiger partial charge is 0.150 e. The van der Waals surface area contributed by atoms with Crippen LogP contribution >= 0.6 is 23.1 Å². The van der Waals surface area contributed by atoms with Gasteiger partial charge in [0.2, 0.25) is 0 Å². The number of halogens is 1. The molecule has 1 saturated heterocycles. The molecule has 3 aromatic rings. The van der Waals surface area contributed by atoms with Gasteiger partial charge in [-0.25, -0.2) is 0 Å². The van der Waals surface area contributed by atoms with Gasteiger partial charge in [-0.2, -0.15) is 4.37 Å². The van der Waals surface area contributed by atoms with Crippen LogP contribution in [-0.2, 0) is 0 Å². The Kier molecular flexibility index (Phi) is 5.06. The van der Waals surface area contributed by atoms with Gasteiger partial charge < -0.3 is 9.64 Å². The molecule has 4 nitrogen and oxygen atoms in total. The predicted octanol–water partition coefficient (Wildman–Crippen LogP) is 4.15. The Bertz CT molecular complexity index is 845. The molecule has 0 unspecified atom stereocenters. The van der Waals surface area contributed by atoms with Crippen LogP contribution in [-0.4, -0.2) is 48.6 Å². The summed E-state index contributed by atoms with van der Waals surface area (Å²) in [6, 6.07) is 16.0. The van der Waals surface area contributed by atoms with Crippen molar-refractivity contribution in [3.8, 4) is 5.75 Å². The van der Waals surface area contributed by atoms with Crippen molar-refractivity contribution >= 4 is 39.0 Å². The molecule has 0 N–H and O–H groups in total. The average molecular weight is 374 g/mol. The maximum absolute atomic E-state index is 5.98. The normalized spacial score (nSPS) is 15.6. The van der Waals surface area contributed by atoms with Crippen molar-refractivity contribution in [1.29, 1.82) is 0 Å². The molecule has 130 valence electrons. The van der Waals surface area contributed by atoms with Crippen molar-refractivity contribution in [2.24, 2.45) is 0 Å². The highest BCUT2D eigenvalue weighted by atomic mass is 35.5. The summed E-state index contributed by atoms with van der Waals surface area (Å²) < 4.78 is 11.7. The summed E-state index contributed by atoms with van der Waals surface area (Å²) in [7, 11) is 0. The lowest BCUT2D eigenvalue weighted by Gasteiger charge is -2.34. The van der Waals surface area contributed by atoms with Gasteiger partial charge in [0.1, 0.15) is 18.2 Å². The number of piperazine rings is 1. The van der Waals surface area contributed by atoms with Crippen molar-refractivity contribution in [1.82, 2.24) is 9.27 Å². The van der Waals surface area contributed by atoms with Gasteiger partial charge in [-0.1, -0.05) is 29.8 Å². The molecule has 0 aliphatic carbocycles. The van der Waals surface area contributed by atoms with E-state index in [1.165, 1.54) is 10.1 Å². The number of anilines is 1. The molecule has 2 heterocycles. The molecule has 25 heavy (non-hydrogen) atoms. The Balaban J connectivity index is 1.28. The number of rotatable bonds is 5. The molecule has 0 spiro atoms. The SMILES string of the molecule is Clc1cccc(OCCN2CCN(c3nsc4ccccc34)CC2)c1. The van der Waals surface area contributed by atoms with Crippen molar-refractivity contribution in [3.63, 3.8) is 0 Å². The summed E-state index contributed by atoms with van der Waals surface area (Å²) in [6.07, 6.45) is 0. The number of hydrogen-bond donors (Lipinski definition) is 0. The summed E-state index contributed by atoms with van der Waals surface area (Å²) in [5.74, 6) is 1.97. The summed E-state index contributed by atoms with van der Waals surface area (Å²) in [5, 5.41) is 1.98. The van der Waals surface area contributed by atoms with E-state index < -0.39 is 0 Å². The van der Waals surface area contributed by atoms with Gasteiger partial charge in [-0.3, -0.25) is 4.90 Å². The standard InChI is InChI=1S/C19H20ClN3OS/c20-15-4-3-5-16(14-15)24-13-12-22-8-10-23(11-9-22)19-17-6-1-2-7-18(17)25-21-19/h1-7,14H,8-13H2. The molecule has 2 aromatic carbocycles. The van der Waals surface area contributed by atoms with E-state index in [0.717, 1.165) is 44.3 Å². The predicted molar refractivity (Wildman–Crippen MR) is 105 cm³/mol. The minimum atomic E-state index is 0.681. The van der Waals surface area contributed by atoms with Crippen molar-refractivity contribution in [3.05, 3.63) is 53.6 Å². The first-order valence-electron chi connectivity index (χ1n) is 8.50. The molecular weight excluding hydrogens is 354 g/mol. The summed E-state index contributed by atoms with van der Waals surface area (Å²) in [4.78, 5) is 4.84. The lowest BCUT2D eigenvalue weighted by Crippen LogP contribution is -2.47. The van der Waals surface area contributed by atoms with E-state index >= 15 is 0 Å². The highest BCUT2D eigenvalue weighted by molar-refractivity contribution is 7.13. The van der Waals surface area contributed by atoms with Crippen LogP contribution in [0.4, 0.5) is 5.82 Å².